The number of hydrogen-bond acceptors (Lipinski definition) is 4. The fourth-order valence-corrected chi connectivity index (χ4v) is 2.45. The Bertz CT molecular complexity index is 274. The van der Waals surface area contributed by atoms with Crippen molar-refractivity contribution in [3.63, 3.8) is 0 Å². The van der Waals surface area contributed by atoms with Crippen molar-refractivity contribution >= 4 is 5.91 Å². The monoisotopic (exact) mass is 272 g/mol. The topological polar surface area (TPSA) is 70.6 Å². The molecule has 1 fully saturated rings. The second-order valence-electron chi connectivity index (χ2n) is 6.13. The molecule has 0 saturated carbocycles. The van der Waals surface area contributed by atoms with Crippen molar-refractivity contribution in [1.29, 1.82) is 0 Å². The van der Waals surface area contributed by atoms with Gasteiger partial charge < -0.3 is 20.5 Å². The van der Waals surface area contributed by atoms with Gasteiger partial charge in [0.2, 0.25) is 5.91 Å². The maximum absolute atomic E-state index is 11.7. The zero-order valence-electron chi connectivity index (χ0n) is 12.4. The standard InChI is InChI=1S/C14H28N2O3/c1-11(2)8-14(3,18)10-16-13(17)9-19-12-4-6-15-7-5-12/h11-12,15,18H,4-10H2,1-3H3,(H,16,17). The van der Waals surface area contributed by atoms with Gasteiger partial charge in [-0.15, -0.1) is 0 Å². The molecule has 1 saturated heterocycles. The lowest BCUT2D eigenvalue weighted by atomic mass is 9.94. The molecule has 19 heavy (non-hydrogen) atoms. The molecule has 3 N–H and O–H groups in total. The zero-order valence-corrected chi connectivity index (χ0v) is 12.4. The quantitative estimate of drug-likeness (QED) is 0.637. The lowest BCUT2D eigenvalue weighted by molar-refractivity contribution is -0.129. The van der Waals surface area contributed by atoms with Crippen LogP contribution < -0.4 is 10.6 Å². The summed E-state index contributed by atoms with van der Waals surface area (Å²) < 4.78 is 5.56. The number of ether oxygens (including phenoxy) is 1. The average Bonchev–Trinajstić information content (AvgIpc) is 2.34. The van der Waals surface area contributed by atoms with Crippen LogP contribution in [0.15, 0.2) is 0 Å². The molecule has 0 radical (unpaired) electrons. The number of amides is 1. The summed E-state index contributed by atoms with van der Waals surface area (Å²) in [7, 11) is 0. The largest absolute Gasteiger partial charge is 0.388 e. The van der Waals surface area contributed by atoms with Crippen molar-refractivity contribution in [1.82, 2.24) is 10.6 Å². The Morgan fingerprint density at radius 3 is 2.68 bits per heavy atom. The summed E-state index contributed by atoms with van der Waals surface area (Å²) in [5.74, 6) is 0.250. The van der Waals surface area contributed by atoms with E-state index in [1.165, 1.54) is 0 Å². The second kappa shape index (κ2) is 7.82. The minimum Gasteiger partial charge on any atom is -0.388 e. The van der Waals surface area contributed by atoms with Crippen LogP contribution in [0, 0.1) is 5.92 Å². The normalized spacial score (nSPS) is 20.3. The van der Waals surface area contributed by atoms with Crippen molar-refractivity contribution in [2.75, 3.05) is 26.2 Å². The summed E-state index contributed by atoms with van der Waals surface area (Å²) in [4.78, 5) is 11.7. The number of carbonyl (C=O) groups excluding carboxylic acids is 1. The molecule has 1 heterocycles. The Hall–Kier alpha value is -0.650. The summed E-state index contributed by atoms with van der Waals surface area (Å²) in [6, 6.07) is 0. The van der Waals surface area contributed by atoms with Gasteiger partial charge in [0.15, 0.2) is 0 Å². The van der Waals surface area contributed by atoms with E-state index in [1.54, 1.807) is 6.92 Å². The van der Waals surface area contributed by atoms with Crippen LogP contribution in [0.3, 0.4) is 0 Å². The molecule has 0 bridgehead atoms. The molecule has 0 spiro atoms. The number of piperidine rings is 1. The highest BCUT2D eigenvalue weighted by Gasteiger charge is 2.23. The van der Waals surface area contributed by atoms with Crippen LogP contribution in [0.5, 0.6) is 0 Å². The smallest absolute Gasteiger partial charge is 0.246 e. The van der Waals surface area contributed by atoms with E-state index in [9.17, 15) is 9.90 Å². The first-order valence-electron chi connectivity index (χ1n) is 7.20. The average molecular weight is 272 g/mol. The fraction of sp³-hybridized carbons (Fsp3) is 0.929. The summed E-state index contributed by atoms with van der Waals surface area (Å²) in [6.07, 6.45) is 2.77. The third-order valence-electron chi connectivity index (χ3n) is 3.25. The van der Waals surface area contributed by atoms with Gasteiger partial charge in [0.05, 0.1) is 11.7 Å². The van der Waals surface area contributed by atoms with Gasteiger partial charge in [-0.1, -0.05) is 13.8 Å². The van der Waals surface area contributed by atoms with Crippen LogP contribution in [0.25, 0.3) is 0 Å². The van der Waals surface area contributed by atoms with Crippen molar-refractivity contribution in [3.05, 3.63) is 0 Å². The molecule has 0 aromatic heterocycles. The molecule has 1 aliphatic heterocycles. The van der Waals surface area contributed by atoms with Crippen LogP contribution in [-0.2, 0) is 9.53 Å². The lowest BCUT2D eigenvalue weighted by Gasteiger charge is -2.26. The highest BCUT2D eigenvalue weighted by atomic mass is 16.5. The van der Waals surface area contributed by atoms with E-state index in [4.69, 9.17) is 4.74 Å². The van der Waals surface area contributed by atoms with E-state index in [0.29, 0.717) is 12.3 Å². The maximum Gasteiger partial charge on any atom is 0.246 e. The molecule has 112 valence electrons. The molecule has 5 heteroatoms. The predicted molar refractivity (Wildman–Crippen MR) is 74.9 cm³/mol. The van der Waals surface area contributed by atoms with Gasteiger partial charge in [-0.25, -0.2) is 0 Å². The van der Waals surface area contributed by atoms with E-state index in [2.05, 4.69) is 24.5 Å². The lowest BCUT2D eigenvalue weighted by Crippen LogP contribution is -2.43. The van der Waals surface area contributed by atoms with E-state index in [-0.39, 0.29) is 25.2 Å². The molecule has 1 atom stereocenters. The van der Waals surface area contributed by atoms with Crippen LogP contribution in [0.2, 0.25) is 0 Å². The number of nitrogens with one attached hydrogen (secondary N) is 2. The zero-order chi connectivity index (χ0) is 14.3. The van der Waals surface area contributed by atoms with Crippen molar-refractivity contribution < 1.29 is 14.6 Å². The number of hydrogen-bond donors (Lipinski definition) is 3. The Morgan fingerprint density at radius 2 is 2.11 bits per heavy atom. The van der Waals surface area contributed by atoms with Crippen LogP contribution in [0.1, 0.15) is 40.0 Å². The SMILES string of the molecule is CC(C)CC(C)(O)CNC(=O)COC1CCNCC1. The first-order valence-corrected chi connectivity index (χ1v) is 7.20. The van der Waals surface area contributed by atoms with E-state index >= 15 is 0 Å². The Kier molecular flexibility index (Phi) is 6.75. The van der Waals surface area contributed by atoms with Gasteiger partial charge in [0.1, 0.15) is 6.61 Å². The Labute approximate surface area is 116 Å². The predicted octanol–water partition coefficient (Wildman–Crippen LogP) is 0.668. The molecule has 1 rings (SSSR count). The van der Waals surface area contributed by atoms with Gasteiger partial charge in [-0.05, 0) is 45.2 Å². The highest BCUT2D eigenvalue weighted by molar-refractivity contribution is 5.77. The molecule has 1 amide bonds. The van der Waals surface area contributed by atoms with Crippen LogP contribution in [0.4, 0.5) is 0 Å². The first-order chi connectivity index (χ1) is 8.89. The molecule has 1 unspecified atom stereocenters. The summed E-state index contributed by atoms with van der Waals surface area (Å²) in [6.45, 7) is 8.13. The number of aliphatic hydroxyl groups is 1. The Balaban J connectivity index is 2.16. The van der Waals surface area contributed by atoms with Gasteiger partial charge in [-0.3, -0.25) is 4.79 Å². The van der Waals surface area contributed by atoms with Crippen LogP contribution in [-0.4, -0.2) is 49.0 Å². The van der Waals surface area contributed by atoms with E-state index in [0.717, 1.165) is 25.9 Å². The van der Waals surface area contributed by atoms with Gasteiger partial charge in [0.25, 0.3) is 0 Å². The molecule has 1 aliphatic rings. The minimum atomic E-state index is -0.849. The Morgan fingerprint density at radius 1 is 1.47 bits per heavy atom. The summed E-state index contributed by atoms with van der Waals surface area (Å²) >= 11 is 0. The molecule has 0 aromatic rings. The van der Waals surface area contributed by atoms with Gasteiger partial charge >= 0.3 is 0 Å². The summed E-state index contributed by atoms with van der Waals surface area (Å²) in [5.41, 5.74) is -0.849. The third kappa shape index (κ3) is 7.50. The minimum absolute atomic E-state index is 0.0857. The van der Waals surface area contributed by atoms with E-state index in [1.807, 2.05) is 0 Å². The first kappa shape index (κ1) is 16.4. The molecule has 0 aromatic carbocycles. The molecular weight excluding hydrogens is 244 g/mol. The second-order valence-corrected chi connectivity index (χ2v) is 6.13. The van der Waals surface area contributed by atoms with Crippen molar-refractivity contribution in [2.24, 2.45) is 5.92 Å². The van der Waals surface area contributed by atoms with Gasteiger partial charge in [0, 0.05) is 6.54 Å². The molecular formula is C14H28N2O3. The maximum atomic E-state index is 11.7. The highest BCUT2D eigenvalue weighted by Crippen LogP contribution is 2.15. The molecule has 0 aliphatic carbocycles. The van der Waals surface area contributed by atoms with E-state index < -0.39 is 5.60 Å². The van der Waals surface area contributed by atoms with Crippen molar-refractivity contribution in [2.45, 2.75) is 51.7 Å². The number of rotatable bonds is 7. The number of carbonyl (C=O) groups is 1. The van der Waals surface area contributed by atoms with Crippen LogP contribution >= 0.6 is 0 Å². The molecule has 5 nitrogen and oxygen atoms in total. The van der Waals surface area contributed by atoms with Gasteiger partial charge in [-0.2, -0.15) is 0 Å². The van der Waals surface area contributed by atoms with Crippen molar-refractivity contribution in [3.8, 4) is 0 Å². The summed E-state index contributed by atoms with van der Waals surface area (Å²) in [5, 5.41) is 16.1. The third-order valence-corrected chi connectivity index (χ3v) is 3.25. The fourth-order valence-electron chi connectivity index (χ4n) is 2.45.